The fourth-order valence-corrected chi connectivity index (χ4v) is 2.03. The van der Waals surface area contributed by atoms with Gasteiger partial charge in [0.2, 0.25) is 0 Å². The highest BCUT2D eigenvalue weighted by Gasteiger charge is 2.27. The van der Waals surface area contributed by atoms with Crippen molar-refractivity contribution in [1.29, 1.82) is 5.26 Å². The van der Waals surface area contributed by atoms with Crippen LogP contribution in [0.2, 0.25) is 0 Å². The van der Waals surface area contributed by atoms with Gasteiger partial charge in [0.15, 0.2) is 0 Å². The molecule has 92 valence electrons. The van der Waals surface area contributed by atoms with Crippen molar-refractivity contribution >= 4 is 12.6 Å². The van der Waals surface area contributed by atoms with E-state index in [0.29, 0.717) is 29.1 Å². The fraction of sp³-hybridized carbons (Fsp3) is 0.0714. The number of nitrogens with zero attached hydrogens (tertiary/aromatic N) is 1. The molecule has 0 radical (unpaired) electrons. The van der Waals surface area contributed by atoms with Gasteiger partial charge >= 0.3 is 7.12 Å². The van der Waals surface area contributed by atoms with E-state index in [2.05, 4.69) is 6.07 Å². The molecule has 0 aromatic heterocycles. The summed E-state index contributed by atoms with van der Waals surface area (Å²) in [6.07, 6.45) is 0. The number of fused-ring (bicyclic) bond motifs is 1. The standard InChI is InChI=1S/C14H10BNO3/c16-8-10-3-1-2-4-14(10)19-12-6-5-11-9-18-15(17)13(11)7-12/h1-7,17H,9H2. The van der Waals surface area contributed by atoms with Crippen molar-refractivity contribution in [2.24, 2.45) is 0 Å². The van der Waals surface area contributed by atoms with Crippen molar-refractivity contribution < 1.29 is 14.4 Å². The molecule has 0 unspecified atom stereocenters. The Kier molecular flexibility index (Phi) is 2.96. The first-order valence-corrected chi connectivity index (χ1v) is 5.87. The summed E-state index contributed by atoms with van der Waals surface area (Å²) in [5, 5.41) is 18.6. The summed E-state index contributed by atoms with van der Waals surface area (Å²) in [4.78, 5) is 0. The minimum atomic E-state index is -0.898. The minimum absolute atomic E-state index is 0.408. The van der Waals surface area contributed by atoms with Crippen LogP contribution >= 0.6 is 0 Å². The summed E-state index contributed by atoms with van der Waals surface area (Å²) in [7, 11) is -0.898. The van der Waals surface area contributed by atoms with Gasteiger partial charge in [-0.2, -0.15) is 5.26 Å². The fourth-order valence-electron chi connectivity index (χ4n) is 2.03. The van der Waals surface area contributed by atoms with Crippen molar-refractivity contribution in [1.82, 2.24) is 0 Å². The molecule has 2 aromatic rings. The number of benzene rings is 2. The highest BCUT2D eigenvalue weighted by Crippen LogP contribution is 2.25. The third kappa shape index (κ3) is 2.19. The van der Waals surface area contributed by atoms with E-state index in [0.717, 1.165) is 5.56 Å². The Morgan fingerprint density at radius 2 is 2.11 bits per heavy atom. The summed E-state index contributed by atoms with van der Waals surface area (Å²) in [6.45, 7) is 0.408. The molecule has 1 heterocycles. The van der Waals surface area contributed by atoms with Crippen LogP contribution in [0.5, 0.6) is 11.5 Å². The predicted octanol–water partition coefficient (Wildman–Crippen LogP) is 1.57. The van der Waals surface area contributed by atoms with E-state index in [1.54, 1.807) is 30.3 Å². The molecule has 5 heteroatoms. The molecule has 0 saturated heterocycles. The van der Waals surface area contributed by atoms with Gasteiger partial charge in [-0.25, -0.2) is 0 Å². The van der Waals surface area contributed by atoms with Crippen molar-refractivity contribution in [3.63, 3.8) is 0 Å². The quantitative estimate of drug-likeness (QED) is 0.823. The van der Waals surface area contributed by atoms with E-state index in [9.17, 15) is 5.02 Å². The van der Waals surface area contributed by atoms with Crippen LogP contribution < -0.4 is 10.2 Å². The van der Waals surface area contributed by atoms with Gasteiger partial charge in [0.25, 0.3) is 0 Å². The summed E-state index contributed by atoms with van der Waals surface area (Å²) in [5.74, 6) is 1.07. The van der Waals surface area contributed by atoms with Crippen molar-refractivity contribution in [2.75, 3.05) is 0 Å². The van der Waals surface area contributed by atoms with Crippen LogP contribution in [0.25, 0.3) is 0 Å². The molecule has 0 atom stereocenters. The maximum atomic E-state index is 9.64. The van der Waals surface area contributed by atoms with Gasteiger partial charge < -0.3 is 14.4 Å². The summed E-state index contributed by atoms with van der Waals surface area (Å²) < 4.78 is 10.8. The average Bonchev–Trinajstić information content (AvgIpc) is 2.81. The molecule has 0 aliphatic carbocycles. The Labute approximate surface area is 111 Å². The molecule has 3 rings (SSSR count). The maximum Gasteiger partial charge on any atom is 0.491 e. The number of hydrogen-bond donors (Lipinski definition) is 1. The van der Waals surface area contributed by atoms with Crippen molar-refractivity contribution in [3.8, 4) is 17.6 Å². The Balaban J connectivity index is 1.92. The molecular formula is C14H10BNO3. The van der Waals surface area contributed by atoms with Crippen LogP contribution in [0.1, 0.15) is 11.1 Å². The first-order valence-electron chi connectivity index (χ1n) is 5.87. The minimum Gasteiger partial charge on any atom is -0.456 e. The predicted molar refractivity (Wildman–Crippen MR) is 70.1 cm³/mol. The van der Waals surface area contributed by atoms with Gasteiger partial charge in [0.05, 0.1) is 12.2 Å². The van der Waals surface area contributed by atoms with E-state index >= 15 is 0 Å². The molecule has 1 aliphatic heterocycles. The summed E-state index contributed by atoms with van der Waals surface area (Å²) >= 11 is 0. The van der Waals surface area contributed by atoms with Crippen LogP contribution in [0.15, 0.2) is 42.5 Å². The van der Waals surface area contributed by atoms with Crippen LogP contribution in [-0.2, 0) is 11.3 Å². The van der Waals surface area contributed by atoms with E-state index in [4.69, 9.17) is 14.7 Å². The third-order valence-corrected chi connectivity index (χ3v) is 3.02. The zero-order valence-electron chi connectivity index (χ0n) is 10.0. The molecular weight excluding hydrogens is 241 g/mol. The Bertz CT molecular complexity index is 666. The van der Waals surface area contributed by atoms with Crippen LogP contribution in [0.3, 0.4) is 0 Å². The topological polar surface area (TPSA) is 62.5 Å². The number of hydrogen-bond acceptors (Lipinski definition) is 4. The molecule has 1 aliphatic rings. The van der Waals surface area contributed by atoms with Crippen LogP contribution in [0, 0.1) is 11.3 Å². The largest absolute Gasteiger partial charge is 0.491 e. The lowest BCUT2D eigenvalue weighted by atomic mass is 9.79. The van der Waals surface area contributed by atoms with Crippen LogP contribution in [-0.4, -0.2) is 12.1 Å². The van der Waals surface area contributed by atoms with Crippen molar-refractivity contribution in [3.05, 3.63) is 53.6 Å². The lowest BCUT2D eigenvalue weighted by Crippen LogP contribution is -2.27. The number of ether oxygens (including phenoxy) is 1. The lowest BCUT2D eigenvalue weighted by Gasteiger charge is -2.08. The van der Waals surface area contributed by atoms with E-state index in [-0.39, 0.29) is 0 Å². The third-order valence-electron chi connectivity index (χ3n) is 3.02. The summed E-state index contributed by atoms with van der Waals surface area (Å²) in [6, 6.07) is 14.5. The average molecular weight is 251 g/mol. The molecule has 2 aromatic carbocycles. The van der Waals surface area contributed by atoms with Gasteiger partial charge in [-0.15, -0.1) is 0 Å². The van der Waals surface area contributed by atoms with Gasteiger partial charge in [-0.1, -0.05) is 18.2 Å². The van der Waals surface area contributed by atoms with Gasteiger partial charge in [-0.05, 0) is 35.3 Å². The monoisotopic (exact) mass is 251 g/mol. The second-order valence-electron chi connectivity index (χ2n) is 4.23. The number of rotatable bonds is 2. The van der Waals surface area contributed by atoms with E-state index in [1.807, 2.05) is 12.1 Å². The Hall–Kier alpha value is -2.29. The zero-order chi connectivity index (χ0) is 13.2. The second-order valence-corrected chi connectivity index (χ2v) is 4.23. The molecule has 0 spiro atoms. The highest BCUT2D eigenvalue weighted by atomic mass is 16.5. The Morgan fingerprint density at radius 1 is 1.26 bits per heavy atom. The maximum absolute atomic E-state index is 9.64. The molecule has 19 heavy (non-hydrogen) atoms. The molecule has 1 N–H and O–H groups in total. The van der Waals surface area contributed by atoms with Gasteiger partial charge in [0.1, 0.15) is 17.6 Å². The normalized spacial score (nSPS) is 12.9. The molecule has 4 nitrogen and oxygen atoms in total. The first-order chi connectivity index (χ1) is 9.28. The SMILES string of the molecule is N#Cc1ccccc1Oc1ccc2c(c1)B(O)OC2. The molecule has 0 amide bonds. The zero-order valence-corrected chi connectivity index (χ0v) is 10.0. The molecule has 0 bridgehead atoms. The van der Waals surface area contributed by atoms with Crippen LogP contribution in [0.4, 0.5) is 0 Å². The first kappa shape index (κ1) is 11.8. The number of para-hydroxylation sites is 1. The van der Waals surface area contributed by atoms with Gasteiger partial charge in [-0.3, -0.25) is 0 Å². The van der Waals surface area contributed by atoms with E-state index in [1.165, 1.54) is 0 Å². The molecule has 0 fully saturated rings. The second kappa shape index (κ2) is 4.77. The molecule has 0 saturated carbocycles. The summed E-state index contributed by atoms with van der Waals surface area (Å²) in [5.41, 5.74) is 2.14. The van der Waals surface area contributed by atoms with Crippen molar-refractivity contribution in [2.45, 2.75) is 6.61 Å². The Morgan fingerprint density at radius 3 is 2.95 bits per heavy atom. The van der Waals surface area contributed by atoms with Gasteiger partial charge in [0, 0.05) is 0 Å². The number of nitriles is 1. The lowest BCUT2D eigenvalue weighted by molar-refractivity contribution is 0.275. The highest BCUT2D eigenvalue weighted by molar-refractivity contribution is 6.61. The van der Waals surface area contributed by atoms with E-state index < -0.39 is 7.12 Å². The smallest absolute Gasteiger partial charge is 0.456 e.